The first-order chi connectivity index (χ1) is 9.33. The summed E-state index contributed by atoms with van der Waals surface area (Å²) in [6.45, 7) is 0. The normalized spacial score (nSPS) is 7.65. The maximum absolute atomic E-state index is 10.6. The molecule has 2 rings (SSSR count). The molecule has 0 saturated heterocycles. The Morgan fingerprint density at radius 1 is 1.10 bits per heavy atom. The molecule has 1 amide bonds. The van der Waals surface area contributed by atoms with Crippen LogP contribution in [0.15, 0.2) is 54.6 Å². The Kier molecular flexibility index (Phi) is 10.8. The summed E-state index contributed by atoms with van der Waals surface area (Å²) in [6, 6.07) is 22.4. The van der Waals surface area contributed by atoms with E-state index in [9.17, 15) is 4.79 Å². The smallest absolute Gasteiger partial charge is 0.356 e. The molecule has 0 aromatic heterocycles. The Bertz CT molecular complexity index is 506. The molecule has 0 fully saturated rings. The topological polar surface area (TPSA) is 38.3 Å². The Hall–Kier alpha value is -2.04. The largest absolute Gasteiger partial charge is 2.00 e. The van der Waals surface area contributed by atoms with Crippen LogP contribution in [0, 0.1) is 24.2 Å². The molecule has 100 valence electrons. The minimum Gasteiger partial charge on any atom is -0.356 e. The first-order valence-electron chi connectivity index (χ1n) is 5.59. The van der Waals surface area contributed by atoms with Crippen LogP contribution in [0.2, 0.25) is 0 Å². The minimum atomic E-state index is -0.560. The van der Waals surface area contributed by atoms with Crippen LogP contribution in [0.3, 0.4) is 0 Å². The van der Waals surface area contributed by atoms with E-state index in [1.807, 2.05) is 30.3 Å². The molecule has 3 nitrogen and oxygen atoms in total. The number of rotatable bonds is 0. The van der Waals surface area contributed by atoms with Crippen LogP contribution in [0.1, 0.15) is 5.56 Å². The van der Waals surface area contributed by atoms with E-state index in [0.29, 0.717) is 0 Å². The number of alkyl carbamates (subject to hydrolysis) is 1. The van der Waals surface area contributed by atoms with Crippen molar-refractivity contribution < 1.29 is 30.6 Å². The van der Waals surface area contributed by atoms with Gasteiger partial charge in [0, 0.05) is 7.05 Å². The Morgan fingerprint density at radius 2 is 1.70 bits per heavy atom. The summed E-state index contributed by atoms with van der Waals surface area (Å²) in [4.78, 5) is 10.6. The van der Waals surface area contributed by atoms with E-state index in [-0.39, 0.29) is 21.1 Å². The van der Waals surface area contributed by atoms with E-state index < -0.39 is 6.09 Å². The van der Waals surface area contributed by atoms with Gasteiger partial charge in [0.1, 0.15) is 6.11 Å². The third-order valence-electron chi connectivity index (χ3n) is 1.87. The number of hydrogen-bond donors (Lipinski definition) is 1. The van der Waals surface area contributed by atoms with Gasteiger partial charge >= 0.3 is 27.2 Å². The minimum absolute atomic E-state index is 0. The van der Waals surface area contributed by atoms with Gasteiger partial charge in [0.05, 0.1) is 0 Å². The molecule has 4 heteroatoms. The van der Waals surface area contributed by atoms with Crippen molar-refractivity contribution in [1.29, 1.82) is 0 Å². The molecule has 0 unspecified atom stereocenters. The van der Waals surface area contributed by atoms with Crippen molar-refractivity contribution in [3.05, 3.63) is 72.3 Å². The molecule has 0 radical (unpaired) electrons. The fraction of sp³-hybridized carbons (Fsp3) is 0.0625. The average Bonchev–Trinajstić information content (AvgIpc) is 2.50. The van der Waals surface area contributed by atoms with Crippen molar-refractivity contribution in [2.24, 2.45) is 0 Å². The molecule has 0 aliphatic heterocycles. The number of carbonyl (C=O) groups excluding carboxylic acids is 1. The molecular formula is C16H13NO2W. The molecule has 0 spiro atoms. The molecular weight excluding hydrogens is 422 g/mol. The molecule has 0 saturated carbocycles. The number of benzene rings is 2. The summed E-state index contributed by atoms with van der Waals surface area (Å²) < 4.78 is 4.47. The molecule has 20 heavy (non-hydrogen) atoms. The fourth-order valence-corrected chi connectivity index (χ4v) is 0.994. The fourth-order valence-electron chi connectivity index (χ4n) is 0.994. The number of ether oxygens (including phenoxy) is 1. The van der Waals surface area contributed by atoms with Gasteiger partial charge in [-0.1, -0.05) is 5.56 Å². The average molecular weight is 435 g/mol. The van der Waals surface area contributed by atoms with Crippen LogP contribution in [0.5, 0.6) is 0 Å². The summed E-state index contributed by atoms with van der Waals surface area (Å²) in [5.41, 5.74) is 0.780. The second-order valence-electron chi connectivity index (χ2n) is 3.23. The molecule has 0 aliphatic rings. The summed E-state index contributed by atoms with van der Waals surface area (Å²) in [5, 5.41) is 2.28. The quantitative estimate of drug-likeness (QED) is 0.511. The van der Waals surface area contributed by atoms with Crippen molar-refractivity contribution in [1.82, 2.24) is 5.32 Å². The zero-order valence-corrected chi connectivity index (χ0v) is 13.9. The monoisotopic (exact) mass is 435 g/mol. The van der Waals surface area contributed by atoms with E-state index >= 15 is 0 Å². The Labute approximate surface area is 133 Å². The van der Waals surface area contributed by atoms with Crippen molar-refractivity contribution in [3.8, 4) is 12.0 Å². The van der Waals surface area contributed by atoms with Crippen LogP contribution >= 0.6 is 0 Å². The molecule has 0 atom stereocenters. The van der Waals surface area contributed by atoms with Crippen molar-refractivity contribution in [2.75, 3.05) is 7.05 Å². The van der Waals surface area contributed by atoms with Crippen LogP contribution < -0.4 is 5.32 Å². The maximum atomic E-state index is 10.6. The second kappa shape index (κ2) is 12.0. The summed E-state index contributed by atoms with van der Waals surface area (Å²) in [6.07, 6.45) is 1.72. The van der Waals surface area contributed by atoms with E-state index in [0.717, 1.165) is 5.56 Å². The van der Waals surface area contributed by atoms with Crippen LogP contribution in [-0.4, -0.2) is 13.1 Å². The molecule has 0 bridgehead atoms. The van der Waals surface area contributed by atoms with Gasteiger partial charge in [0.25, 0.3) is 0 Å². The van der Waals surface area contributed by atoms with E-state index in [1.165, 1.54) is 7.05 Å². The predicted molar refractivity (Wildman–Crippen MR) is 73.0 cm³/mol. The van der Waals surface area contributed by atoms with E-state index in [1.54, 1.807) is 24.3 Å². The van der Waals surface area contributed by atoms with Gasteiger partial charge in [-0.25, -0.2) is 4.79 Å². The molecule has 2 aromatic rings. The number of carbonyl (C=O) groups is 1. The molecule has 2 aromatic carbocycles. The zero-order valence-electron chi connectivity index (χ0n) is 10.9. The van der Waals surface area contributed by atoms with Gasteiger partial charge in [0.2, 0.25) is 0 Å². The van der Waals surface area contributed by atoms with Crippen molar-refractivity contribution >= 4 is 6.09 Å². The molecule has 0 aliphatic carbocycles. The van der Waals surface area contributed by atoms with Gasteiger partial charge in [-0.2, -0.15) is 66.7 Å². The van der Waals surface area contributed by atoms with Gasteiger partial charge in [0.15, 0.2) is 0 Å². The predicted octanol–water partition coefficient (Wildman–Crippen LogP) is 2.64. The third-order valence-corrected chi connectivity index (χ3v) is 1.87. The number of amides is 1. The van der Waals surface area contributed by atoms with Crippen LogP contribution in [0.25, 0.3) is 0 Å². The van der Waals surface area contributed by atoms with E-state index in [2.05, 4.69) is 34.2 Å². The van der Waals surface area contributed by atoms with Gasteiger partial charge in [-0.3, -0.25) is 0 Å². The number of nitrogens with one attached hydrogen (secondary N) is 1. The zero-order chi connectivity index (χ0) is 13.8. The summed E-state index contributed by atoms with van der Waals surface area (Å²) in [7, 11) is 1.47. The first kappa shape index (κ1) is 18.0. The maximum Gasteiger partial charge on any atom is 2.00 e. The number of hydrogen-bond acceptors (Lipinski definition) is 2. The van der Waals surface area contributed by atoms with E-state index in [4.69, 9.17) is 0 Å². The SMILES string of the molecule is CNC(=O)OC#Cc1cc[c-]cc1.[W+2].[c-]1ccccc1. The summed E-state index contributed by atoms with van der Waals surface area (Å²) >= 11 is 0. The second-order valence-corrected chi connectivity index (χ2v) is 3.23. The van der Waals surface area contributed by atoms with Gasteiger partial charge in [-0.05, 0) is 5.92 Å². The van der Waals surface area contributed by atoms with Crippen LogP contribution in [-0.2, 0) is 25.8 Å². The van der Waals surface area contributed by atoms with Crippen molar-refractivity contribution in [2.45, 2.75) is 0 Å². The molecule has 0 heterocycles. The van der Waals surface area contributed by atoms with Gasteiger partial charge in [-0.15, -0.1) is 0 Å². The Balaban J connectivity index is 0.000000434. The van der Waals surface area contributed by atoms with Crippen molar-refractivity contribution in [3.63, 3.8) is 0 Å². The molecule has 1 N–H and O–H groups in total. The first-order valence-corrected chi connectivity index (χ1v) is 5.59. The van der Waals surface area contributed by atoms with Crippen LogP contribution in [0.4, 0.5) is 4.79 Å². The summed E-state index contributed by atoms with van der Waals surface area (Å²) in [5.74, 6) is 2.66. The third kappa shape index (κ3) is 8.96. The van der Waals surface area contributed by atoms with Gasteiger partial charge < -0.3 is 10.1 Å². The Morgan fingerprint density at radius 3 is 2.15 bits per heavy atom. The standard InChI is InChI=1S/C10H8NO2.C6H5.W/c1-11-10(12)13-8-7-9-5-3-2-4-6-9;1-2-4-6-5-3-1;/h3-6H,1H3,(H,11,12);1-5H;/q2*-1;+2.